The van der Waals surface area contributed by atoms with Crippen molar-refractivity contribution < 1.29 is 35.6 Å². The van der Waals surface area contributed by atoms with Gasteiger partial charge in [-0.1, -0.05) is 12.1 Å². The van der Waals surface area contributed by atoms with Crippen molar-refractivity contribution >= 4 is 27.5 Å². The molecule has 0 unspecified atom stereocenters. The summed E-state index contributed by atoms with van der Waals surface area (Å²) >= 11 is 0. The lowest BCUT2D eigenvalue weighted by Crippen LogP contribution is -2.41. The Morgan fingerprint density at radius 1 is 0.871 bits per heavy atom. The first-order valence-electron chi connectivity index (χ1n) is 8.49. The minimum Gasteiger partial charge on any atom is -0.472 e. The minimum atomic E-state index is -4.64. The summed E-state index contributed by atoms with van der Waals surface area (Å²) in [6, 6.07) is 9.79. The molecule has 2 amide bonds. The summed E-state index contributed by atoms with van der Waals surface area (Å²) in [4.78, 5) is 23.7. The highest BCUT2D eigenvalue weighted by Gasteiger charge is 2.30. The molecule has 0 atom stereocenters. The van der Waals surface area contributed by atoms with Gasteiger partial charge in [-0.3, -0.25) is 25.2 Å². The van der Waals surface area contributed by atoms with E-state index in [9.17, 15) is 31.2 Å². The highest BCUT2D eigenvalue weighted by Crippen LogP contribution is 2.31. The Kier molecular flexibility index (Phi) is 6.02. The maximum Gasteiger partial charge on any atom is 0.416 e. The molecule has 3 rings (SSSR count). The van der Waals surface area contributed by atoms with Gasteiger partial charge in [0.15, 0.2) is 0 Å². The largest absolute Gasteiger partial charge is 0.472 e. The third-order valence-electron chi connectivity index (χ3n) is 3.92. The molecule has 0 spiro atoms. The van der Waals surface area contributed by atoms with Crippen molar-refractivity contribution in [1.82, 2.24) is 10.9 Å². The molecule has 162 valence electrons. The fraction of sp³-hybridized carbons (Fsp3) is 0.0526. The van der Waals surface area contributed by atoms with Crippen LogP contribution < -0.4 is 15.6 Å². The smallest absolute Gasteiger partial charge is 0.416 e. The van der Waals surface area contributed by atoms with Crippen molar-refractivity contribution in [3.8, 4) is 0 Å². The monoisotopic (exact) mass is 453 g/mol. The van der Waals surface area contributed by atoms with Crippen LogP contribution >= 0.6 is 0 Å². The molecule has 0 aliphatic rings. The van der Waals surface area contributed by atoms with Crippen LogP contribution in [-0.2, 0) is 16.2 Å². The van der Waals surface area contributed by atoms with E-state index in [2.05, 4.69) is 10.9 Å². The average Bonchev–Trinajstić information content (AvgIpc) is 3.26. The van der Waals surface area contributed by atoms with E-state index < -0.39 is 33.6 Å². The Labute approximate surface area is 174 Å². The van der Waals surface area contributed by atoms with Crippen LogP contribution in [0.4, 0.5) is 18.9 Å². The van der Waals surface area contributed by atoms with E-state index in [1.807, 2.05) is 4.72 Å². The van der Waals surface area contributed by atoms with Gasteiger partial charge in [0, 0.05) is 11.3 Å². The molecule has 12 heteroatoms. The van der Waals surface area contributed by atoms with Crippen molar-refractivity contribution in [3.05, 3.63) is 83.8 Å². The summed E-state index contributed by atoms with van der Waals surface area (Å²) in [5.74, 6) is -1.47. The van der Waals surface area contributed by atoms with Gasteiger partial charge in [0.1, 0.15) is 6.26 Å². The van der Waals surface area contributed by atoms with Crippen LogP contribution in [0.5, 0.6) is 0 Å². The van der Waals surface area contributed by atoms with Crippen LogP contribution in [-0.4, -0.2) is 20.2 Å². The molecule has 0 bridgehead atoms. The number of nitrogens with one attached hydrogen (secondary N) is 3. The number of carbonyl (C=O) groups excluding carboxylic acids is 2. The van der Waals surface area contributed by atoms with E-state index >= 15 is 0 Å². The second kappa shape index (κ2) is 8.52. The van der Waals surface area contributed by atoms with Crippen LogP contribution in [0.2, 0.25) is 0 Å². The molecule has 2 aromatic carbocycles. The number of hydrogen-bond donors (Lipinski definition) is 3. The van der Waals surface area contributed by atoms with Crippen molar-refractivity contribution in [2.45, 2.75) is 11.1 Å². The summed E-state index contributed by atoms with van der Waals surface area (Å²) in [5, 5.41) is 0. The maximum absolute atomic E-state index is 12.8. The van der Waals surface area contributed by atoms with Crippen LogP contribution in [0.15, 0.2) is 76.4 Å². The van der Waals surface area contributed by atoms with Crippen molar-refractivity contribution in [2.75, 3.05) is 4.72 Å². The van der Waals surface area contributed by atoms with E-state index in [4.69, 9.17) is 4.42 Å². The van der Waals surface area contributed by atoms with Crippen LogP contribution in [0.3, 0.4) is 0 Å². The number of amides is 2. The Morgan fingerprint density at radius 2 is 1.55 bits per heavy atom. The molecule has 0 aliphatic heterocycles. The summed E-state index contributed by atoms with van der Waals surface area (Å²) < 4.78 is 70.4. The van der Waals surface area contributed by atoms with Crippen molar-refractivity contribution in [2.24, 2.45) is 0 Å². The normalized spacial score (nSPS) is 11.6. The lowest BCUT2D eigenvalue weighted by molar-refractivity contribution is -0.137. The predicted octanol–water partition coefficient (Wildman–Crippen LogP) is 3.17. The van der Waals surface area contributed by atoms with Crippen LogP contribution in [0.1, 0.15) is 26.3 Å². The zero-order valence-corrected chi connectivity index (χ0v) is 16.3. The number of furan rings is 1. The summed E-state index contributed by atoms with van der Waals surface area (Å²) in [7, 11) is -4.30. The Bertz CT molecular complexity index is 1210. The fourth-order valence-electron chi connectivity index (χ4n) is 2.43. The number of carbonyl (C=O) groups is 2. The Balaban J connectivity index is 1.74. The third-order valence-corrected chi connectivity index (χ3v) is 5.30. The second-order valence-corrected chi connectivity index (χ2v) is 7.81. The number of benzene rings is 2. The molecule has 0 saturated carbocycles. The van der Waals surface area contributed by atoms with Gasteiger partial charge in [-0.05, 0) is 42.5 Å². The van der Waals surface area contributed by atoms with Gasteiger partial charge < -0.3 is 4.42 Å². The van der Waals surface area contributed by atoms with E-state index in [0.29, 0.717) is 6.07 Å². The summed E-state index contributed by atoms with van der Waals surface area (Å²) in [5.41, 5.74) is 2.98. The number of alkyl halides is 3. The van der Waals surface area contributed by atoms with E-state index in [0.717, 1.165) is 36.6 Å². The first-order valence-corrected chi connectivity index (χ1v) is 9.97. The molecule has 3 N–H and O–H groups in total. The van der Waals surface area contributed by atoms with Crippen LogP contribution in [0, 0.1) is 0 Å². The second-order valence-electron chi connectivity index (χ2n) is 6.13. The molecular formula is C19H14F3N3O5S. The van der Waals surface area contributed by atoms with Gasteiger partial charge >= 0.3 is 6.18 Å². The number of hydrazine groups is 1. The topological polar surface area (TPSA) is 118 Å². The van der Waals surface area contributed by atoms with Gasteiger partial charge in [0.2, 0.25) is 0 Å². The van der Waals surface area contributed by atoms with Gasteiger partial charge in [0.05, 0.1) is 22.3 Å². The average molecular weight is 453 g/mol. The third kappa shape index (κ3) is 5.42. The quantitative estimate of drug-likeness (QED) is 0.513. The first kappa shape index (κ1) is 21.9. The van der Waals surface area contributed by atoms with Gasteiger partial charge in [-0.2, -0.15) is 13.2 Å². The highest BCUT2D eigenvalue weighted by atomic mass is 32.2. The molecule has 31 heavy (non-hydrogen) atoms. The molecule has 0 fully saturated rings. The van der Waals surface area contributed by atoms with E-state index in [-0.39, 0.29) is 21.7 Å². The first-order chi connectivity index (χ1) is 14.6. The molecule has 3 aromatic rings. The molecule has 8 nitrogen and oxygen atoms in total. The molecule has 0 saturated heterocycles. The van der Waals surface area contributed by atoms with Crippen molar-refractivity contribution in [3.63, 3.8) is 0 Å². The fourth-order valence-corrected chi connectivity index (χ4v) is 3.52. The van der Waals surface area contributed by atoms with E-state index in [1.54, 1.807) is 0 Å². The zero-order chi connectivity index (χ0) is 22.6. The number of halogens is 3. The lowest BCUT2D eigenvalue weighted by Gasteiger charge is -2.12. The standard InChI is InChI=1S/C19H14F3N3O5S/c20-19(21,22)14-4-2-5-15(10-14)25-31(28,29)16-6-1-3-12(9-16)17(26)23-24-18(27)13-7-8-30-11-13/h1-11,25H,(H,23,26)(H,24,27). The summed E-state index contributed by atoms with van der Waals surface area (Å²) in [6.07, 6.45) is -2.21. The number of sulfonamides is 1. The predicted molar refractivity (Wildman–Crippen MR) is 102 cm³/mol. The summed E-state index contributed by atoms with van der Waals surface area (Å²) in [6.45, 7) is 0. The molecule has 1 aromatic heterocycles. The van der Waals surface area contributed by atoms with E-state index in [1.165, 1.54) is 24.5 Å². The Hall–Kier alpha value is -3.80. The number of rotatable bonds is 5. The minimum absolute atomic E-state index is 0.112. The number of anilines is 1. The lowest BCUT2D eigenvalue weighted by atomic mass is 10.2. The Morgan fingerprint density at radius 3 is 2.19 bits per heavy atom. The molecule has 0 radical (unpaired) electrons. The van der Waals surface area contributed by atoms with Gasteiger partial charge in [-0.25, -0.2) is 8.42 Å². The number of hydrogen-bond acceptors (Lipinski definition) is 5. The van der Waals surface area contributed by atoms with Crippen LogP contribution in [0.25, 0.3) is 0 Å². The molecule has 1 heterocycles. The maximum atomic E-state index is 12.8. The molecular weight excluding hydrogens is 439 g/mol. The van der Waals surface area contributed by atoms with Crippen molar-refractivity contribution in [1.29, 1.82) is 0 Å². The van der Waals surface area contributed by atoms with Gasteiger partial charge in [0.25, 0.3) is 21.8 Å². The zero-order valence-electron chi connectivity index (χ0n) is 15.4. The SMILES string of the molecule is O=C(NNC(=O)c1cccc(S(=O)(=O)Nc2cccc(C(F)(F)F)c2)c1)c1ccoc1. The molecule has 0 aliphatic carbocycles. The van der Waals surface area contributed by atoms with Gasteiger partial charge in [-0.15, -0.1) is 0 Å². The highest BCUT2D eigenvalue weighted by molar-refractivity contribution is 7.92.